The summed E-state index contributed by atoms with van der Waals surface area (Å²) in [5.74, 6) is 0. The molecule has 1 N–H and O–H groups in total. The quantitative estimate of drug-likeness (QED) is 0.763. The normalized spacial score (nSPS) is 20.9. The first-order valence-electron chi connectivity index (χ1n) is 9.25. The maximum absolute atomic E-state index is 5.94. The Hall–Kier alpha value is -2.25. The summed E-state index contributed by atoms with van der Waals surface area (Å²) in [4.78, 5) is 8.82. The van der Waals surface area contributed by atoms with E-state index in [-0.39, 0.29) is 6.10 Å². The van der Waals surface area contributed by atoms with Crippen LogP contribution in [0.1, 0.15) is 50.1 Å². The van der Waals surface area contributed by atoms with Gasteiger partial charge in [-0.25, -0.2) is 14.6 Å². The fraction of sp³-hybridized carbons (Fsp3) is 0.526. The highest BCUT2D eigenvalue weighted by Gasteiger charge is 2.25. The molecule has 26 heavy (non-hydrogen) atoms. The van der Waals surface area contributed by atoms with Gasteiger partial charge < -0.3 is 14.6 Å². The van der Waals surface area contributed by atoms with Gasteiger partial charge in [0.1, 0.15) is 6.10 Å². The van der Waals surface area contributed by atoms with Crippen molar-refractivity contribution in [2.75, 3.05) is 6.61 Å². The van der Waals surface area contributed by atoms with Crippen LogP contribution in [0, 0.1) is 0 Å². The Kier molecular flexibility index (Phi) is 4.74. The van der Waals surface area contributed by atoms with Crippen molar-refractivity contribution in [2.24, 2.45) is 7.05 Å². The molecule has 0 radical (unpaired) electrons. The molecule has 138 valence electrons. The zero-order chi connectivity index (χ0) is 18.1. The van der Waals surface area contributed by atoms with Gasteiger partial charge >= 0.3 is 0 Å². The Labute approximate surface area is 153 Å². The predicted octanol–water partition coefficient (Wildman–Crippen LogP) is 2.76. The molecule has 0 amide bonds. The van der Waals surface area contributed by atoms with Gasteiger partial charge in [-0.05, 0) is 38.3 Å². The number of aromatic nitrogens is 5. The van der Waals surface area contributed by atoms with Crippen LogP contribution in [0.4, 0.5) is 0 Å². The number of pyridine rings is 1. The number of nitrogens with one attached hydrogen (secondary N) is 1. The Morgan fingerprint density at radius 2 is 2.19 bits per heavy atom. The van der Waals surface area contributed by atoms with Gasteiger partial charge in [0.15, 0.2) is 5.65 Å². The highest BCUT2D eigenvalue weighted by atomic mass is 16.5. The Balaban J connectivity index is 1.40. The van der Waals surface area contributed by atoms with E-state index in [1.807, 2.05) is 41.2 Å². The lowest BCUT2D eigenvalue weighted by Crippen LogP contribution is -2.36. The molecule has 0 bridgehead atoms. The van der Waals surface area contributed by atoms with Crippen molar-refractivity contribution in [2.45, 2.75) is 51.4 Å². The fourth-order valence-corrected chi connectivity index (χ4v) is 3.59. The molecule has 0 aromatic carbocycles. The van der Waals surface area contributed by atoms with Crippen LogP contribution in [0.5, 0.6) is 0 Å². The molecule has 1 aliphatic heterocycles. The number of hydrogen-bond acceptors (Lipinski definition) is 5. The van der Waals surface area contributed by atoms with E-state index in [1.165, 1.54) is 5.56 Å². The molecule has 4 rings (SSSR count). The highest BCUT2D eigenvalue weighted by molar-refractivity contribution is 5.75. The molecule has 3 aromatic heterocycles. The molecule has 7 heteroatoms. The summed E-state index contributed by atoms with van der Waals surface area (Å²) in [5, 5.41) is 9.20. The zero-order valence-corrected chi connectivity index (χ0v) is 15.6. The number of ether oxygens (including phenoxy) is 1. The third-order valence-corrected chi connectivity index (χ3v) is 5.04. The summed E-state index contributed by atoms with van der Waals surface area (Å²) in [7, 11) is 2.01. The van der Waals surface area contributed by atoms with E-state index in [4.69, 9.17) is 4.74 Å². The van der Waals surface area contributed by atoms with Gasteiger partial charge in [0.25, 0.3) is 0 Å². The number of hydrogen-bond donors (Lipinski definition) is 1. The van der Waals surface area contributed by atoms with Crippen LogP contribution in [0.25, 0.3) is 11.0 Å². The van der Waals surface area contributed by atoms with Gasteiger partial charge in [0.05, 0.1) is 24.4 Å². The first kappa shape index (κ1) is 17.2. The molecule has 7 nitrogen and oxygen atoms in total. The summed E-state index contributed by atoms with van der Waals surface area (Å²) in [5.41, 5.74) is 3.27. The lowest BCUT2D eigenvalue weighted by Gasteiger charge is -2.30. The molecular formula is C19H26N6O. The van der Waals surface area contributed by atoms with Gasteiger partial charge in [-0.15, -0.1) is 0 Å². The van der Waals surface area contributed by atoms with Gasteiger partial charge in [-0.2, -0.15) is 5.10 Å². The third kappa shape index (κ3) is 3.37. The fourth-order valence-electron chi connectivity index (χ4n) is 3.59. The van der Waals surface area contributed by atoms with Crippen LogP contribution < -0.4 is 5.32 Å². The van der Waals surface area contributed by atoms with Crippen molar-refractivity contribution in [3.8, 4) is 0 Å². The van der Waals surface area contributed by atoms with E-state index < -0.39 is 0 Å². The van der Waals surface area contributed by atoms with Crippen LogP contribution in [0.3, 0.4) is 0 Å². The lowest BCUT2D eigenvalue weighted by atomic mass is 10.0. The molecular weight excluding hydrogens is 328 g/mol. The van der Waals surface area contributed by atoms with Crippen LogP contribution in [0.15, 0.2) is 31.0 Å². The van der Waals surface area contributed by atoms with Gasteiger partial charge in [0, 0.05) is 43.9 Å². The predicted molar refractivity (Wildman–Crippen MR) is 99.7 cm³/mol. The number of fused-ring (bicyclic) bond motifs is 1. The van der Waals surface area contributed by atoms with E-state index in [0.29, 0.717) is 12.1 Å². The second-order valence-corrected chi connectivity index (χ2v) is 7.33. The van der Waals surface area contributed by atoms with E-state index in [9.17, 15) is 0 Å². The monoisotopic (exact) mass is 354 g/mol. The molecule has 3 aromatic rings. The smallest absolute Gasteiger partial charge is 0.157 e. The topological polar surface area (TPSA) is 69.8 Å². The van der Waals surface area contributed by atoms with Crippen LogP contribution in [-0.4, -0.2) is 37.0 Å². The molecule has 0 aliphatic carbocycles. The molecule has 1 aliphatic rings. The zero-order valence-electron chi connectivity index (χ0n) is 15.6. The minimum Gasteiger partial charge on any atom is -0.372 e. The Bertz CT molecular complexity index is 883. The number of aryl methyl sites for hydroxylation is 1. The number of imidazole rings is 1. The summed E-state index contributed by atoms with van der Waals surface area (Å²) in [6.45, 7) is 5.81. The van der Waals surface area contributed by atoms with Crippen molar-refractivity contribution < 1.29 is 4.74 Å². The van der Waals surface area contributed by atoms with Crippen LogP contribution in [0.2, 0.25) is 0 Å². The van der Waals surface area contributed by atoms with Gasteiger partial charge in [-0.3, -0.25) is 0 Å². The summed E-state index contributed by atoms with van der Waals surface area (Å²) in [6, 6.07) is 2.92. The standard InChI is InChI=1S/C19H26N6O/c1-13(2)25-19-15(10-23-25)6-14(9-22-19)8-21-16-4-5-26-18(7-16)17-11-20-12-24(17)3/h6,9-13,16,18,21H,4-5,7-8H2,1-3H3/t16-,18+/m0/s1. The number of rotatable bonds is 5. The molecule has 0 unspecified atom stereocenters. The summed E-state index contributed by atoms with van der Waals surface area (Å²) in [6.07, 6.45) is 9.67. The minimum absolute atomic E-state index is 0.110. The van der Waals surface area contributed by atoms with Gasteiger partial charge in [0.2, 0.25) is 0 Å². The molecule has 0 saturated carbocycles. The molecule has 1 saturated heterocycles. The Morgan fingerprint density at radius 1 is 1.31 bits per heavy atom. The first-order valence-corrected chi connectivity index (χ1v) is 9.25. The maximum atomic E-state index is 5.94. The average molecular weight is 354 g/mol. The minimum atomic E-state index is 0.110. The van der Waals surface area contributed by atoms with Crippen LogP contribution >= 0.6 is 0 Å². The van der Waals surface area contributed by atoms with Crippen molar-refractivity contribution in [1.29, 1.82) is 0 Å². The van der Waals surface area contributed by atoms with Crippen molar-refractivity contribution in [3.05, 3.63) is 42.2 Å². The van der Waals surface area contributed by atoms with Crippen molar-refractivity contribution in [1.82, 2.24) is 29.6 Å². The van der Waals surface area contributed by atoms with Crippen LogP contribution in [-0.2, 0) is 18.3 Å². The maximum Gasteiger partial charge on any atom is 0.157 e. The largest absolute Gasteiger partial charge is 0.372 e. The van der Waals surface area contributed by atoms with Crippen molar-refractivity contribution in [3.63, 3.8) is 0 Å². The van der Waals surface area contributed by atoms with E-state index in [0.717, 1.165) is 42.7 Å². The first-order chi connectivity index (χ1) is 12.6. The molecule has 4 heterocycles. The molecule has 0 spiro atoms. The third-order valence-electron chi connectivity index (χ3n) is 5.04. The summed E-state index contributed by atoms with van der Waals surface area (Å²) >= 11 is 0. The average Bonchev–Trinajstić information content (AvgIpc) is 3.26. The lowest BCUT2D eigenvalue weighted by molar-refractivity contribution is -0.00404. The second kappa shape index (κ2) is 7.17. The van der Waals surface area contributed by atoms with Crippen molar-refractivity contribution >= 4 is 11.0 Å². The van der Waals surface area contributed by atoms with E-state index in [2.05, 4.69) is 40.3 Å². The second-order valence-electron chi connectivity index (χ2n) is 7.33. The summed E-state index contributed by atoms with van der Waals surface area (Å²) < 4.78 is 9.94. The SMILES string of the molecule is CC(C)n1ncc2cc(CN[C@H]3CCO[C@@H](c4cncn4C)C3)cnc21. The van der Waals surface area contributed by atoms with E-state index in [1.54, 1.807) is 0 Å². The molecule has 2 atom stereocenters. The molecule has 1 fully saturated rings. The van der Waals surface area contributed by atoms with E-state index >= 15 is 0 Å². The van der Waals surface area contributed by atoms with Gasteiger partial charge in [-0.1, -0.05) is 0 Å². The Morgan fingerprint density at radius 3 is 2.96 bits per heavy atom. The number of nitrogens with zero attached hydrogens (tertiary/aromatic N) is 5. The highest BCUT2D eigenvalue weighted by Crippen LogP contribution is 2.27.